The number of nitrogen functional groups attached to an aromatic ring is 1. The Morgan fingerprint density at radius 1 is 1.53 bits per heavy atom. The average molecular weight is 206 g/mol. The molecular formula is C11H14N2O2. The Kier molecular flexibility index (Phi) is 2.99. The van der Waals surface area contributed by atoms with Gasteiger partial charge in [0.2, 0.25) is 0 Å². The zero-order valence-electron chi connectivity index (χ0n) is 8.40. The van der Waals surface area contributed by atoms with Crippen LogP contribution in [0.2, 0.25) is 0 Å². The molecule has 0 spiro atoms. The summed E-state index contributed by atoms with van der Waals surface area (Å²) in [4.78, 5) is 12.0. The van der Waals surface area contributed by atoms with Gasteiger partial charge >= 0.3 is 0 Å². The van der Waals surface area contributed by atoms with E-state index in [0.717, 1.165) is 6.54 Å². The molecule has 1 aromatic rings. The fourth-order valence-corrected chi connectivity index (χ4v) is 1.63. The van der Waals surface area contributed by atoms with E-state index in [4.69, 9.17) is 10.5 Å². The third-order valence-corrected chi connectivity index (χ3v) is 2.41. The van der Waals surface area contributed by atoms with Crippen LogP contribution in [0.3, 0.4) is 0 Å². The Morgan fingerprint density at radius 2 is 2.40 bits per heavy atom. The molecule has 4 heteroatoms. The summed E-state index contributed by atoms with van der Waals surface area (Å²) in [5.41, 5.74) is 6.87. The second kappa shape index (κ2) is 4.42. The number of carbonyl (C=O) groups excluding carboxylic acids is 1. The molecule has 1 aliphatic heterocycles. The normalized spacial score (nSPS) is 21.2. The molecule has 1 atom stereocenters. The predicted octanol–water partition coefficient (Wildman–Crippen LogP) is 0.440. The minimum Gasteiger partial charge on any atom is -0.399 e. The fraction of sp³-hybridized carbons (Fsp3) is 0.364. The lowest BCUT2D eigenvalue weighted by molar-refractivity contribution is 0.0607. The number of carbonyl (C=O) groups is 1. The Bertz CT molecular complexity index is 359. The summed E-state index contributed by atoms with van der Waals surface area (Å²) < 4.78 is 5.24. The number of nitrogens with one attached hydrogen (secondary N) is 1. The van der Waals surface area contributed by atoms with Crippen LogP contribution in [0, 0.1) is 0 Å². The third-order valence-electron chi connectivity index (χ3n) is 2.41. The summed E-state index contributed by atoms with van der Waals surface area (Å²) in [6, 6.07) is 6.78. The highest BCUT2D eigenvalue weighted by molar-refractivity contribution is 6.00. The molecule has 4 nitrogen and oxygen atoms in total. The van der Waals surface area contributed by atoms with E-state index >= 15 is 0 Å². The van der Waals surface area contributed by atoms with E-state index < -0.39 is 0 Å². The van der Waals surface area contributed by atoms with Crippen LogP contribution in [0.25, 0.3) is 0 Å². The van der Waals surface area contributed by atoms with Crippen molar-refractivity contribution >= 4 is 11.5 Å². The summed E-state index contributed by atoms with van der Waals surface area (Å²) in [5.74, 6) is 0.0435. The summed E-state index contributed by atoms with van der Waals surface area (Å²) in [6.45, 7) is 1.83. The Hall–Kier alpha value is -1.39. The smallest absolute Gasteiger partial charge is 0.182 e. The molecule has 15 heavy (non-hydrogen) atoms. The lowest BCUT2D eigenvalue weighted by atomic mass is 10.0. The number of morpholine rings is 1. The first kappa shape index (κ1) is 10.1. The molecule has 0 radical (unpaired) electrons. The number of ketones is 1. The van der Waals surface area contributed by atoms with Gasteiger partial charge in [0.25, 0.3) is 0 Å². The molecule has 1 fully saturated rings. The van der Waals surface area contributed by atoms with Crippen LogP contribution in [-0.4, -0.2) is 31.6 Å². The van der Waals surface area contributed by atoms with Crippen molar-refractivity contribution in [1.82, 2.24) is 5.32 Å². The number of benzene rings is 1. The largest absolute Gasteiger partial charge is 0.399 e. The summed E-state index contributed by atoms with van der Waals surface area (Å²) in [6.07, 6.45) is 0. The highest BCUT2D eigenvalue weighted by atomic mass is 16.5. The van der Waals surface area contributed by atoms with Gasteiger partial charge in [-0.15, -0.1) is 0 Å². The Morgan fingerprint density at radius 3 is 3.07 bits per heavy atom. The maximum atomic E-state index is 12.0. The van der Waals surface area contributed by atoms with Crippen molar-refractivity contribution < 1.29 is 9.53 Å². The molecule has 0 aliphatic carbocycles. The van der Waals surface area contributed by atoms with Crippen LogP contribution < -0.4 is 11.1 Å². The van der Waals surface area contributed by atoms with Gasteiger partial charge in [0.1, 0.15) is 0 Å². The molecule has 1 heterocycles. The molecule has 1 aromatic carbocycles. The second-order valence-electron chi connectivity index (χ2n) is 3.57. The first-order chi connectivity index (χ1) is 7.27. The maximum Gasteiger partial charge on any atom is 0.182 e. The number of ether oxygens (including phenoxy) is 1. The van der Waals surface area contributed by atoms with Crippen LogP contribution in [-0.2, 0) is 4.74 Å². The quantitative estimate of drug-likeness (QED) is 0.544. The molecule has 1 aliphatic rings. The monoisotopic (exact) mass is 206 g/mol. The van der Waals surface area contributed by atoms with Crippen molar-refractivity contribution in [2.75, 3.05) is 25.5 Å². The van der Waals surface area contributed by atoms with Gasteiger partial charge in [-0.2, -0.15) is 0 Å². The molecule has 0 saturated carbocycles. The van der Waals surface area contributed by atoms with E-state index in [1.54, 1.807) is 24.3 Å². The number of hydrogen-bond acceptors (Lipinski definition) is 4. The molecule has 80 valence electrons. The van der Waals surface area contributed by atoms with Crippen molar-refractivity contribution in [1.29, 1.82) is 0 Å². The van der Waals surface area contributed by atoms with Gasteiger partial charge in [0, 0.05) is 17.8 Å². The van der Waals surface area contributed by atoms with E-state index in [-0.39, 0.29) is 11.8 Å². The van der Waals surface area contributed by atoms with Crippen LogP contribution in [0.1, 0.15) is 10.4 Å². The lowest BCUT2D eigenvalue weighted by Crippen LogP contribution is -2.46. The van der Waals surface area contributed by atoms with Crippen molar-refractivity contribution in [3.05, 3.63) is 29.8 Å². The first-order valence-corrected chi connectivity index (χ1v) is 4.98. The van der Waals surface area contributed by atoms with E-state index in [1.807, 2.05) is 0 Å². The van der Waals surface area contributed by atoms with Gasteiger partial charge in [-0.25, -0.2) is 0 Å². The molecule has 1 saturated heterocycles. The van der Waals surface area contributed by atoms with Gasteiger partial charge in [0.15, 0.2) is 5.78 Å². The fourth-order valence-electron chi connectivity index (χ4n) is 1.63. The summed E-state index contributed by atoms with van der Waals surface area (Å²) >= 11 is 0. The van der Waals surface area contributed by atoms with Crippen LogP contribution in [0.4, 0.5) is 5.69 Å². The van der Waals surface area contributed by atoms with Crippen LogP contribution in [0.5, 0.6) is 0 Å². The lowest BCUT2D eigenvalue weighted by Gasteiger charge is -2.22. The minimum atomic E-state index is -0.236. The van der Waals surface area contributed by atoms with Crippen molar-refractivity contribution in [3.63, 3.8) is 0 Å². The van der Waals surface area contributed by atoms with E-state index in [9.17, 15) is 4.79 Å². The van der Waals surface area contributed by atoms with Crippen LogP contribution in [0.15, 0.2) is 24.3 Å². The first-order valence-electron chi connectivity index (χ1n) is 4.98. The molecule has 0 aromatic heterocycles. The van der Waals surface area contributed by atoms with E-state index in [2.05, 4.69) is 5.32 Å². The number of Topliss-reactive ketones (excluding diaryl/α,β-unsaturated/α-hetero) is 1. The van der Waals surface area contributed by atoms with Crippen molar-refractivity contribution in [2.24, 2.45) is 0 Å². The topological polar surface area (TPSA) is 64.4 Å². The van der Waals surface area contributed by atoms with Gasteiger partial charge in [-0.3, -0.25) is 4.79 Å². The van der Waals surface area contributed by atoms with Crippen molar-refractivity contribution in [3.8, 4) is 0 Å². The van der Waals surface area contributed by atoms with E-state index in [0.29, 0.717) is 24.5 Å². The third kappa shape index (κ3) is 2.34. The molecule has 2 rings (SSSR count). The maximum absolute atomic E-state index is 12.0. The second-order valence-corrected chi connectivity index (χ2v) is 3.57. The van der Waals surface area contributed by atoms with Gasteiger partial charge in [-0.1, -0.05) is 12.1 Å². The number of anilines is 1. The summed E-state index contributed by atoms with van der Waals surface area (Å²) in [5, 5.41) is 3.12. The highest BCUT2D eigenvalue weighted by Crippen LogP contribution is 2.10. The standard InChI is InChI=1S/C11H14N2O2/c12-9-3-1-2-8(6-9)11(14)10-7-15-5-4-13-10/h1-3,6,10,13H,4-5,7,12H2. The van der Waals surface area contributed by atoms with Gasteiger partial charge in [-0.05, 0) is 12.1 Å². The Balaban J connectivity index is 2.12. The van der Waals surface area contributed by atoms with Crippen molar-refractivity contribution in [2.45, 2.75) is 6.04 Å². The number of rotatable bonds is 2. The molecule has 0 amide bonds. The molecular weight excluding hydrogens is 192 g/mol. The number of hydrogen-bond donors (Lipinski definition) is 2. The zero-order chi connectivity index (χ0) is 10.7. The predicted molar refractivity (Wildman–Crippen MR) is 57.8 cm³/mol. The average Bonchev–Trinajstić information content (AvgIpc) is 2.29. The van der Waals surface area contributed by atoms with Gasteiger partial charge in [0.05, 0.1) is 19.3 Å². The van der Waals surface area contributed by atoms with Crippen LogP contribution >= 0.6 is 0 Å². The molecule has 0 bridgehead atoms. The number of nitrogens with two attached hydrogens (primary N) is 1. The SMILES string of the molecule is Nc1cccc(C(=O)C2COCCN2)c1. The highest BCUT2D eigenvalue weighted by Gasteiger charge is 2.22. The van der Waals surface area contributed by atoms with E-state index in [1.165, 1.54) is 0 Å². The minimum absolute atomic E-state index is 0.0435. The Labute approximate surface area is 88.4 Å². The zero-order valence-corrected chi connectivity index (χ0v) is 8.40. The van der Waals surface area contributed by atoms with Gasteiger partial charge < -0.3 is 15.8 Å². The summed E-state index contributed by atoms with van der Waals surface area (Å²) in [7, 11) is 0. The molecule has 3 N–H and O–H groups in total. The molecule has 1 unspecified atom stereocenters.